The fourth-order valence-corrected chi connectivity index (χ4v) is 3.16. The monoisotopic (exact) mass is 279 g/mol. The van der Waals surface area contributed by atoms with Gasteiger partial charge in [-0.25, -0.2) is 0 Å². The van der Waals surface area contributed by atoms with Gasteiger partial charge in [-0.2, -0.15) is 0 Å². The molecule has 0 aromatic carbocycles. The SMILES string of the molecule is CC1CC(C)CC(OCc2ccoc2CNC(C)C)C1. The molecule has 20 heavy (non-hydrogen) atoms. The number of furan rings is 1. The number of hydrogen-bond donors (Lipinski definition) is 1. The van der Waals surface area contributed by atoms with Gasteiger partial charge in [-0.15, -0.1) is 0 Å². The molecular formula is C17H29NO2. The third-order valence-electron chi connectivity index (χ3n) is 4.12. The lowest BCUT2D eigenvalue weighted by atomic mass is 9.82. The van der Waals surface area contributed by atoms with Gasteiger partial charge in [-0.05, 0) is 37.2 Å². The van der Waals surface area contributed by atoms with E-state index in [1.165, 1.54) is 24.8 Å². The Labute approximate surface area is 123 Å². The molecule has 1 aliphatic rings. The van der Waals surface area contributed by atoms with E-state index in [9.17, 15) is 0 Å². The van der Waals surface area contributed by atoms with Crippen molar-refractivity contribution in [1.29, 1.82) is 0 Å². The van der Waals surface area contributed by atoms with Gasteiger partial charge < -0.3 is 14.5 Å². The Bertz CT molecular complexity index is 389. The first-order chi connectivity index (χ1) is 9.54. The summed E-state index contributed by atoms with van der Waals surface area (Å²) in [4.78, 5) is 0. The first kappa shape index (κ1) is 15.6. The van der Waals surface area contributed by atoms with Gasteiger partial charge in [0.2, 0.25) is 0 Å². The lowest BCUT2D eigenvalue weighted by Crippen LogP contribution is -2.26. The van der Waals surface area contributed by atoms with E-state index in [4.69, 9.17) is 9.15 Å². The van der Waals surface area contributed by atoms with Crippen LogP contribution in [0.25, 0.3) is 0 Å². The molecule has 0 aliphatic heterocycles. The summed E-state index contributed by atoms with van der Waals surface area (Å²) in [5.41, 5.74) is 1.18. The van der Waals surface area contributed by atoms with Gasteiger partial charge in [-0.1, -0.05) is 27.7 Å². The summed E-state index contributed by atoms with van der Waals surface area (Å²) in [5.74, 6) is 2.58. The Morgan fingerprint density at radius 3 is 2.60 bits per heavy atom. The van der Waals surface area contributed by atoms with Crippen molar-refractivity contribution in [1.82, 2.24) is 5.32 Å². The van der Waals surface area contributed by atoms with Crippen molar-refractivity contribution in [2.45, 2.75) is 72.3 Å². The molecule has 114 valence electrons. The van der Waals surface area contributed by atoms with Crippen LogP contribution >= 0.6 is 0 Å². The summed E-state index contributed by atoms with van der Waals surface area (Å²) in [5, 5.41) is 3.39. The van der Waals surface area contributed by atoms with Gasteiger partial charge in [0.25, 0.3) is 0 Å². The molecule has 1 aromatic heterocycles. The fourth-order valence-electron chi connectivity index (χ4n) is 3.16. The van der Waals surface area contributed by atoms with Crippen LogP contribution in [0, 0.1) is 11.8 Å². The molecule has 1 fully saturated rings. The van der Waals surface area contributed by atoms with E-state index in [0.717, 1.165) is 24.1 Å². The van der Waals surface area contributed by atoms with Crippen LogP contribution in [0.2, 0.25) is 0 Å². The molecule has 0 radical (unpaired) electrons. The predicted octanol–water partition coefficient (Wildman–Crippen LogP) is 4.12. The average Bonchev–Trinajstić information content (AvgIpc) is 2.80. The molecule has 1 aromatic rings. The van der Waals surface area contributed by atoms with Crippen molar-refractivity contribution >= 4 is 0 Å². The third kappa shape index (κ3) is 4.64. The van der Waals surface area contributed by atoms with E-state index in [1.54, 1.807) is 6.26 Å². The second kappa shape index (κ2) is 7.28. The Morgan fingerprint density at radius 1 is 1.25 bits per heavy atom. The van der Waals surface area contributed by atoms with Crippen LogP contribution < -0.4 is 5.32 Å². The molecule has 2 unspecified atom stereocenters. The second-order valence-corrected chi connectivity index (χ2v) is 6.76. The normalized spacial score (nSPS) is 27.1. The number of ether oxygens (including phenoxy) is 1. The van der Waals surface area contributed by atoms with Gasteiger partial charge in [0.15, 0.2) is 0 Å². The van der Waals surface area contributed by atoms with Crippen molar-refractivity contribution in [2.24, 2.45) is 11.8 Å². The van der Waals surface area contributed by atoms with Gasteiger partial charge in [0.05, 0.1) is 25.5 Å². The van der Waals surface area contributed by atoms with Crippen LogP contribution in [0.5, 0.6) is 0 Å². The molecule has 1 heterocycles. The Balaban J connectivity index is 1.83. The van der Waals surface area contributed by atoms with Gasteiger partial charge in [0.1, 0.15) is 5.76 Å². The lowest BCUT2D eigenvalue weighted by Gasteiger charge is -2.31. The van der Waals surface area contributed by atoms with E-state index in [2.05, 4.69) is 33.0 Å². The van der Waals surface area contributed by atoms with Crippen LogP contribution in [0.4, 0.5) is 0 Å². The predicted molar refractivity (Wildman–Crippen MR) is 81.4 cm³/mol. The molecule has 0 spiro atoms. The zero-order valence-electron chi connectivity index (χ0n) is 13.3. The molecular weight excluding hydrogens is 250 g/mol. The van der Waals surface area contributed by atoms with Gasteiger partial charge >= 0.3 is 0 Å². The zero-order chi connectivity index (χ0) is 14.5. The standard InChI is InChI=1S/C17H29NO2/c1-12(2)18-10-17-15(5-6-19-17)11-20-16-8-13(3)7-14(4)9-16/h5-6,12-14,16,18H,7-11H2,1-4H3. The smallest absolute Gasteiger partial charge is 0.123 e. The van der Waals surface area contributed by atoms with E-state index in [-0.39, 0.29) is 0 Å². The van der Waals surface area contributed by atoms with Crippen molar-refractivity contribution in [3.63, 3.8) is 0 Å². The average molecular weight is 279 g/mol. The van der Waals surface area contributed by atoms with Crippen molar-refractivity contribution in [3.05, 3.63) is 23.7 Å². The van der Waals surface area contributed by atoms with E-state index < -0.39 is 0 Å². The maximum atomic E-state index is 6.13. The Morgan fingerprint density at radius 2 is 1.95 bits per heavy atom. The summed E-state index contributed by atoms with van der Waals surface area (Å²) in [6.45, 7) is 10.4. The molecule has 0 amide bonds. The van der Waals surface area contributed by atoms with Gasteiger partial charge in [-0.3, -0.25) is 0 Å². The Hall–Kier alpha value is -0.800. The molecule has 3 heteroatoms. The number of hydrogen-bond acceptors (Lipinski definition) is 3. The highest BCUT2D eigenvalue weighted by atomic mass is 16.5. The lowest BCUT2D eigenvalue weighted by molar-refractivity contribution is -0.00968. The highest BCUT2D eigenvalue weighted by Gasteiger charge is 2.24. The Kier molecular flexibility index (Phi) is 5.67. The van der Waals surface area contributed by atoms with Crippen molar-refractivity contribution in [3.8, 4) is 0 Å². The molecule has 2 rings (SSSR count). The quantitative estimate of drug-likeness (QED) is 0.850. The topological polar surface area (TPSA) is 34.4 Å². The van der Waals surface area contributed by atoms with Crippen LogP contribution in [-0.2, 0) is 17.9 Å². The van der Waals surface area contributed by atoms with Crippen LogP contribution in [-0.4, -0.2) is 12.1 Å². The van der Waals surface area contributed by atoms with E-state index in [1.807, 2.05) is 6.07 Å². The third-order valence-corrected chi connectivity index (χ3v) is 4.12. The highest BCUT2D eigenvalue weighted by molar-refractivity contribution is 5.16. The molecule has 1 aliphatic carbocycles. The molecule has 3 nitrogen and oxygen atoms in total. The van der Waals surface area contributed by atoms with Crippen LogP contribution in [0.3, 0.4) is 0 Å². The first-order valence-corrected chi connectivity index (χ1v) is 7.94. The van der Waals surface area contributed by atoms with E-state index in [0.29, 0.717) is 18.8 Å². The van der Waals surface area contributed by atoms with Crippen molar-refractivity contribution in [2.75, 3.05) is 0 Å². The number of nitrogens with one attached hydrogen (secondary N) is 1. The largest absolute Gasteiger partial charge is 0.468 e. The summed E-state index contributed by atoms with van der Waals surface area (Å²) < 4.78 is 11.7. The minimum absolute atomic E-state index is 0.412. The maximum absolute atomic E-state index is 6.13. The molecule has 1 N–H and O–H groups in total. The summed E-state index contributed by atoms with van der Waals surface area (Å²) in [6.07, 6.45) is 5.91. The molecule has 1 saturated carbocycles. The summed E-state index contributed by atoms with van der Waals surface area (Å²) >= 11 is 0. The molecule has 0 bridgehead atoms. The maximum Gasteiger partial charge on any atom is 0.123 e. The second-order valence-electron chi connectivity index (χ2n) is 6.76. The number of rotatable bonds is 6. The van der Waals surface area contributed by atoms with Gasteiger partial charge in [0, 0.05) is 11.6 Å². The zero-order valence-corrected chi connectivity index (χ0v) is 13.3. The molecule has 2 atom stereocenters. The minimum atomic E-state index is 0.412. The first-order valence-electron chi connectivity index (χ1n) is 7.94. The van der Waals surface area contributed by atoms with Crippen molar-refractivity contribution < 1.29 is 9.15 Å². The fraction of sp³-hybridized carbons (Fsp3) is 0.765. The van der Waals surface area contributed by atoms with E-state index >= 15 is 0 Å². The van der Waals surface area contributed by atoms with Crippen LogP contribution in [0.1, 0.15) is 58.3 Å². The summed E-state index contributed by atoms with van der Waals surface area (Å²) in [6, 6.07) is 2.50. The minimum Gasteiger partial charge on any atom is -0.468 e. The molecule has 0 saturated heterocycles. The highest BCUT2D eigenvalue weighted by Crippen LogP contribution is 2.31. The van der Waals surface area contributed by atoms with Crippen LogP contribution in [0.15, 0.2) is 16.7 Å². The summed E-state index contributed by atoms with van der Waals surface area (Å²) in [7, 11) is 0.